The smallest absolute Gasteiger partial charge is 0.0561 e. The Hall–Kier alpha value is -0.0000000000000000555. The highest BCUT2D eigenvalue weighted by atomic mass is 79.9. The van der Waals surface area contributed by atoms with Gasteiger partial charge in [-0.2, -0.15) is 0 Å². The topological polar surface area (TPSA) is 12.0 Å². The van der Waals surface area contributed by atoms with Crippen molar-refractivity contribution in [3.05, 3.63) is 50.1 Å². The summed E-state index contributed by atoms with van der Waals surface area (Å²) in [4.78, 5) is 2.51. The molecule has 1 aromatic carbocycles. The minimum Gasteiger partial charge on any atom is -0.309 e. The van der Waals surface area contributed by atoms with Gasteiger partial charge >= 0.3 is 0 Å². The molecule has 1 nitrogen and oxygen atoms in total. The number of hydrogen-bond acceptors (Lipinski definition) is 3. The van der Waals surface area contributed by atoms with Crippen LogP contribution in [-0.2, 0) is 0 Å². The lowest BCUT2D eigenvalue weighted by Gasteiger charge is -2.17. The van der Waals surface area contributed by atoms with Crippen LogP contribution in [0.25, 0.3) is 0 Å². The van der Waals surface area contributed by atoms with Crippen molar-refractivity contribution in [2.75, 3.05) is 12.3 Å². The number of halogens is 2. The fraction of sp³-hybridized carbons (Fsp3) is 0.333. The van der Waals surface area contributed by atoms with Crippen molar-refractivity contribution in [1.29, 1.82) is 0 Å². The lowest BCUT2D eigenvalue weighted by Crippen LogP contribution is -2.23. The van der Waals surface area contributed by atoms with Crippen LogP contribution in [0.5, 0.6) is 0 Å². The summed E-state index contributed by atoms with van der Waals surface area (Å²) in [5.41, 5.74) is 0. The zero-order chi connectivity index (χ0) is 14.4. The summed E-state index contributed by atoms with van der Waals surface area (Å²) in [6, 6.07) is 10.7. The molecule has 1 aromatic heterocycles. The quantitative estimate of drug-likeness (QED) is 0.582. The van der Waals surface area contributed by atoms with Crippen LogP contribution >= 0.6 is 50.6 Å². The first-order valence-corrected chi connectivity index (χ1v) is 9.59. The van der Waals surface area contributed by atoms with Crippen molar-refractivity contribution in [3.63, 3.8) is 0 Å². The molecule has 0 fully saturated rings. The van der Waals surface area contributed by atoms with E-state index < -0.39 is 0 Å². The number of rotatable bonds is 7. The molecule has 0 amide bonds. The van der Waals surface area contributed by atoms with Gasteiger partial charge in [-0.25, -0.2) is 0 Å². The minimum atomic E-state index is 0.312. The molecule has 1 unspecified atom stereocenters. The third-order valence-corrected chi connectivity index (χ3v) is 5.87. The molecule has 1 heterocycles. The van der Waals surface area contributed by atoms with Gasteiger partial charge in [-0.15, -0.1) is 23.1 Å². The molecule has 0 radical (unpaired) electrons. The van der Waals surface area contributed by atoms with Crippen LogP contribution in [0.1, 0.15) is 24.3 Å². The van der Waals surface area contributed by atoms with E-state index in [1.165, 1.54) is 9.77 Å². The molecule has 0 saturated heterocycles. The van der Waals surface area contributed by atoms with Gasteiger partial charge in [-0.3, -0.25) is 0 Å². The van der Waals surface area contributed by atoms with E-state index in [0.29, 0.717) is 6.04 Å². The van der Waals surface area contributed by atoms with Crippen molar-refractivity contribution in [2.45, 2.75) is 24.3 Å². The van der Waals surface area contributed by atoms with Crippen LogP contribution in [0, 0.1) is 0 Å². The maximum absolute atomic E-state index is 6.27. The Balaban J connectivity index is 2.03. The van der Waals surface area contributed by atoms with Gasteiger partial charge in [0.1, 0.15) is 0 Å². The molecule has 1 atom stereocenters. The largest absolute Gasteiger partial charge is 0.309 e. The summed E-state index contributed by atoms with van der Waals surface area (Å²) in [6.07, 6.45) is 1.13. The number of hydrogen-bond donors (Lipinski definition) is 1. The molecule has 0 aliphatic rings. The Morgan fingerprint density at radius 2 is 2.25 bits per heavy atom. The predicted octanol–water partition coefficient (Wildman–Crippen LogP) is 6.00. The fourth-order valence-electron chi connectivity index (χ4n) is 1.84. The zero-order valence-electron chi connectivity index (χ0n) is 11.2. The highest BCUT2D eigenvalue weighted by Crippen LogP contribution is 2.33. The molecule has 0 aliphatic carbocycles. The summed E-state index contributed by atoms with van der Waals surface area (Å²) in [7, 11) is 0. The van der Waals surface area contributed by atoms with Gasteiger partial charge in [-0.05, 0) is 42.6 Å². The summed E-state index contributed by atoms with van der Waals surface area (Å²) in [5, 5.41) is 6.52. The molecule has 1 N–H and O–H groups in total. The summed E-state index contributed by atoms with van der Waals surface area (Å²) in [5.74, 6) is 0.983. The first-order valence-electron chi connectivity index (χ1n) is 6.55. The first kappa shape index (κ1) is 16.4. The van der Waals surface area contributed by atoms with Gasteiger partial charge in [0.2, 0.25) is 0 Å². The van der Waals surface area contributed by atoms with Crippen LogP contribution in [-0.4, -0.2) is 12.3 Å². The van der Waals surface area contributed by atoms with Gasteiger partial charge in [0.25, 0.3) is 0 Å². The van der Waals surface area contributed by atoms with E-state index in [2.05, 4.69) is 51.7 Å². The van der Waals surface area contributed by atoms with E-state index in [0.717, 1.165) is 28.2 Å². The van der Waals surface area contributed by atoms with Crippen molar-refractivity contribution >= 4 is 50.6 Å². The molecule has 2 aromatic rings. The Kier molecular flexibility index (Phi) is 6.91. The monoisotopic (exact) mass is 389 g/mol. The van der Waals surface area contributed by atoms with Crippen LogP contribution in [0.4, 0.5) is 0 Å². The Morgan fingerprint density at radius 1 is 1.40 bits per heavy atom. The molecule has 0 saturated carbocycles. The number of benzene rings is 1. The maximum Gasteiger partial charge on any atom is 0.0561 e. The predicted molar refractivity (Wildman–Crippen MR) is 95.2 cm³/mol. The van der Waals surface area contributed by atoms with Crippen LogP contribution in [0.15, 0.2) is 45.1 Å². The molecule has 20 heavy (non-hydrogen) atoms. The Labute approximate surface area is 142 Å². The van der Waals surface area contributed by atoms with Crippen LogP contribution < -0.4 is 5.32 Å². The SMILES string of the molecule is CCCNC(CSc1cccc(Br)c1)c1sccc1Cl. The number of thioether (sulfide) groups is 1. The van der Waals surface area contributed by atoms with Gasteiger partial charge in [0, 0.05) is 20.0 Å². The molecule has 108 valence electrons. The van der Waals surface area contributed by atoms with Crippen LogP contribution in [0.2, 0.25) is 5.02 Å². The molecule has 0 spiro atoms. The third kappa shape index (κ3) is 4.78. The number of thiophene rings is 1. The van der Waals surface area contributed by atoms with Crippen molar-refractivity contribution < 1.29 is 0 Å². The lowest BCUT2D eigenvalue weighted by molar-refractivity contribution is 0.585. The summed E-state index contributed by atoms with van der Waals surface area (Å²) < 4.78 is 1.12. The van der Waals surface area contributed by atoms with Gasteiger partial charge < -0.3 is 5.32 Å². The van der Waals surface area contributed by atoms with E-state index >= 15 is 0 Å². The Bertz CT molecular complexity index is 544. The minimum absolute atomic E-state index is 0.312. The third-order valence-electron chi connectivity index (χ3n) is 2.81. The van der Waals surface area contributed by atoms with E-state index in [9.17, 15) is 0 Å². The van der Waals surface area contributed by atoms with E-state index in [1.54, 1.807) is 11.3 Å². The van der Waals surface area contributed by atoms with E-state index in [1.807, 2.05) is 23.9 Å². The second-order valence-corrected chi connectivity index (χ2v) is 7.77. The van der Waals surface area contributed by atoms with E-state index in [-0.39, 0.29) is 0 Å². The zero-order valence-corrected chi connectivity index (χ0v) is 15.2. The molecular weight excluding hydrogens is 374 g/mol. The second-order valence-electron chi connectivity index (χ2n) is 4.41. The molecular formula is C15H17BrClNS2. The van der Waals surface area contributed by atoms with E-state index in [4.69, 9.17) is 11.6 Å². The average Bonchev–Trinajstić information content (AvgIpc) is 2.85. The summed E-state index contributed by atoms with van der Waals surface area (Å²) >= 11 is 13.4. The van der Waals surface area contributed by atoms with Gasteiger partial charge in [0.05, 0.1) is 11.1 Å². The maximum atomic E-state index is 6.27. The standard InChI is InChI=1S/C15H17BrClNS2/c1-2-7-18-14(15-13(17)6-8-19-15)10-20-12-5-3-4-11(16)9-12/h3-6,8-9,14,18H,2,7,10H2,1H3. The van der Waals surface area contributed by atoms with Crippen LogP contribution in [0.3, 0.4) is 0 Å². The molecule has 0 aliphatic heterocycles. The first-order chi connectivity index (χ1) is 9.70. The molecule has 0 bridgehead atoms. The number of nitrogens with one attached hydrogen (secondary N) is 1. The van der Waals surface area contributed by atoms with Crippen molar-refractivity contribution in [2.24, 2.45) is 0 Å². The molecule has 5 heteroatoms. The fourth-order valence-corrected chi connectivity index (χ4v) is 4.79. The van der Waals surface area contributed by atoms with Gasteiger partial charge in [0.15, 0.2) is 0 Å². The summed E-state index contributed by atoms with van der Waals surface area (Å²) in [6.45, 7) is 3.19. The Morgan fingerprint density at radius 3 is 2.90 bits per heavy atom. The van der Waals surface area contributed by atoms with Crippen molar-refractivity contribution in [3.8, 4) is 0 Å². The lowest BCUT2D eigenvalue weighted by atomic mass is 10.2. The van der Waals surface area contributed by atoms with Crippen molar-refractivity contribution in [1.82, 2.24) is 5.32 Å². The second kappa shape index (κ2) is 8.44. The normalized spacial score (nSPS) is 12.6. The highest BCUT2D eigenvalue weighted by Gasteiger charge is 2.16. The molecule has 2 rings (SSSR count). The highest BCUT2D eigenvalue weighted by molar-refractivity contribution is 9.10. The average molecular weight is 391 g/mol. The van der Waals surface area contributed by atoms with Gasteiger partial charge in [-0.1, -0.05) is 40.5 Å².